The fraction of sp³-hybridized carbons (Fsp3) is 0.818. The minimum atomic E-state index is -0.225. The number of urea groups is 1. The number of nitrogens with one attached hydrogen (secondary N) is 2. The molecule has 17 heavy (non-hydrogen) atoms. The van der Waals surface area contributed by atoms with Gasteiger partial charge in [0.25, 0.3) is 0 Å². The van der Waals surface area contributed by atoms with Crippen LogP contribution in [-0.4, -0.2) is 55.2 Å². The molecule has 1 rings (SSSR count). The van der Waals surface area contributed by atoms with Crippen LogP contribution in [-0.2, 0) is 9.53 Å². The lowest BCUT2D eigenvalue weighted by Gasteiger charge is -2.19. The second-order valence-corrected chi connectivity index (χ2v) is 4.58. The molecule has 6 nitrogen and oxygen atoms in total. The summed E-state index contributed by atoms with van der Waals surface area (Å²) in [6, 6.07) is -0.290. The second kappa shape index (κ2) is 5.86. The maximum Gasteiger partial charge on any atom is 0.315 e. The molecule has 0 spiro atoms. The third-order valence-corrected chi connectivity index (χ3v) is 2.75. The Balaban J connectivity index is 2.52. The molecule has 0 radical (unpaired) electrons. The summed E-state index contributed by atoms with van der Waals surface area (Å²) in [5.74, 6) is 0.000572. The monoisotopic (exact) mass is 243 g/mol. The van der Waals surface area contributed by atoms with Gasteiger partial charge in [-0.3, -0.25) is 4.79 Å². The molecular formula is C11H21N3O3. The van der Waals surface area contributed by atoms with Crippen LogP contribution in [0.3, 0.4) is 0 Å². The summed E-state index contributed by atoms with van der Waals surface area (Å²) in [6.07, 6.45) is -0.142. The first kappa shape index (κ1) is 13.8. The van der Waals surface area contributed by atoms with Crippen molar-refractivity contribution in [3.8, 4) is 0 Å². The van der Waals surface area contributed by atoms with Gasteiger partial charge in [-0.15, -0.1) is 0 Å². The van der Waals surface area contributed by atoms with Crippen LogP contribution in [0.1, 0.15) is 20.8 Å². The minimum absolute atomic E-state index is 0.000572. The van der Waals surface area contributed by atoms with Crippen molar-refractivity contribution in [2.24, 2.45) is 0 Å². The average Bonchev–Trinajstić information content (AvgIpc) is 2.59. The van der Waals surface area contributed by atoms with Gasteiger partial charge in [0.15, 0.2) is 0 Å². The Kier molecular flexibility index (Phi) is 4.74. The molecule has 98 valence electrons. The molecule has 2 unspecified atom stereocenters. The Morgan fingerprint density at radius 3 is 2.47 bits per heavy atom. The summed E-state index contributed by atoms with van der Waals surface area (Å²) < 4.78 is 5.27. The Bertz CT molecular complexity index is 294. The van der Waals surface area contributed by atoms with Gasteiger partial charge in [0, 0.05) is 33.2 Å². The second-order valence-electron chi connectivity index (χ2n) is 4.58. The van der Waals surface area contributed by atoms with E-state index in [9.17, 15) is 9.59 Å². The van der Waals surface area contributed by atoms with E-state index < -0.39 is 0 Å². The zero-order valence-corrected chi connectivity index (χ0v) is 10.8. The summed E-state index contributed by atoms with van der Waals surface area (Å²) in [7, 11) is 1.59. The number of carbonyl (C=O) groups excluding carboxylic acids is 2. The van der Waals surface area contributed by atoms with Gasteiger partial charge in [0.1, 0.15) is 0 Å². The van der Waals surface area contributed by atoms with Crippen LogP contribution in [0.2, 0.25) is 0 Å². The van der Waals surface area contributed by atoms with Crippen LogP contribution < -0.4 is 10.6 Å². The summed E-state index contributed by atoms with van der Waals surface area (Å²) in [6.45, 7) is 6.33. The third-order valence-electron chi connectivity index (χ3n) is 2.75. The lowest BCUT2D eigenvalue weighted by atomic mass is 10.2. The van der Waals surface area contributed by atoms with Gasteiger partial charge >= 0.3 is 6.03 Å². The van der Waals surface area contributed by atoms with Gasteiger partial charge in [-0.05, 0) is 13.8 Å². The van der Waals surface area contributed by atoms with Crippen LogP contribution in [0.15, 0.2) is 0 Å². The van der Waals surface area contributed by atoms with E-state index >= 15 is 0 Å². The largest absolute Gasteiger partial charge is 0.377 e. The van der Waals surface area contributed by atoms with Crippen molar-refractivity contribution in [2.75, 3.05) is 20.2 Å². The zero-order valence-electron chi connectivity index (χ0n) is 10.8. The molecule has 0 aliphatic carbocycles. The first-order chi connectivity index (χ1) is 7.93. The molecule has 0 aromatic rings. The summed E-state index contributed by atoms with van der Waals surface area (Å²) >= 11 is 0. The first-order valence-corrected chi connectivity index (χ1v) is 5.79. The highest BCUT2D eigenvalue weighted by Gasteiger charge is 2.35. The van der Waals surface area contributed by atoms with E-state index in [4.69, 9.17) is 4.74 Å². The number of hydrogen-bond acceptors (Lipinski definition) is 3. The van der Waals surface area contributed by atoms with Crippen molar-refractivity contribution in [1.82, 2.24) is 15.5 Å². The number of rotatable bonds is 3. The van der Waals surface area contributed by atoms with Crippen LogP contribution >= 0.6 is 0 Å². The number of likely N-dealkylation sites (tertiary alicyclic amines) is 1. The number of amides is 3. The molecule has 0 saturated carbocycles. The van der Waals surface area contributed by atoms with Crippen molar-refractivity contribution in [2.45, 2.75) is 39.0 Å². The summed E-state index contributed by atoms with van der Waals surface area (Å²) in [4.78, 5) is 24.5. The van der Waals surface area contributed by atoms with E-state index in [-0.39, 0.29) is 30.1 Å². The predicted molar refractivity (Wildman–Crippen MR) is 63.6 cm³/mol. The molecular weight excluding hydrogens is 222 g/mol. The van der Waals surface area contributed by atoms with Crippen molar-refractivity contribution in [1.29, 1.82) is 0 Å². The van der Waals surface area contributed by atoms with E-state index in [1.807, 2.05) is 13.8 Å². The van der Waals surface area contributed by atoms with Crippen molar-refractivity contribution >= 4 is 11.9 Å². The zero-order chi connectivity index (χ0) is 13.0. The van der Waals surface area contributed by atoms with Gasteiger partial charge in [-0.2, -0.15) is 0 Å². The lowest BCUT2D eigenvalue weighted by Crippen LogP contribution is -2.49. The van der Waals surface area contributed by atoms with Crippen LogP contribution in [0, 0.1) is 0 Å². The molecule has 6 heteroatoms. The fourth-order valence-corrected chi connectivity index (χ4v) is 1.88. The van der Waals surface area contributed by atoms with E-state index in [2.05, 4.69) is 10.6 Å². The highest BCUT2D eigenvalue weighted by molar-refractivity contribution is 5.76. The standard InChI is InChI=1S/C11H21N3O3/c1-7(2)12-11(16)13-9-5-14(8(3)15)6-10(9)17-4/h7,9-10H,5-6H2,1-4H3,(H2,12,13,16). The number of carbonyl (C=O) groups is 2. The molecule has 0 aromatic carbocycles. The van der Waals surface area contributed by atoms with Crippen molar-refractivity contribution in [3.05, 3.63) is 0 Å². The van der Waals surface area contributed by atoms with E-state index in [1.165, 1.54) is 6.92 Å². The van der Waals surface area contributed by atoms with Gasteiger partial charge in [0.2, 0.25) is 5.91 Å². The number of hydrogen-bond donors (Lipinski definition) is 2. The average molecular weight is 243 g/mol. The van der Waals surface area contributed by atoms with Gasteiger partial charge < -0.3 is 20.3 Å². The Hall–Kier alpha value is -1.30. The predicted octanol–water partition coefficient (Wildman–Crippen LogP) is -0.0603. The third kappa shape index (κ3) is 3.89. The molecule has 3 amide bonds. The molecule has 2 atom stereocenters. The molecule has 1 heterocycles. The first-order valence-electron chi connectivity index (χ1n) is 5.79. The highest BCUT2D eigenvalue weighted by Crippen LogP contribution is 2.13. The molecule has 1 saturated heterocycles. The van der Waals surface area contributed by atoms with E-state index in [1.54, 1.807) is 12.0 Å². The number of ether oxygens (including phenoxy) is 1. The van der Waals surface area contributed by atoms with E-state index in [0.717, 1.165) is 0 Å². The molecule has 1 fully saturated rings. The Morgan fingerprint density at radius 2 is 2.00 bits per heavy atom. The lowest BCUT2D eigenvalue weighted by molar-refractivity contribution is -0.128. The molecule has 1 aliphatic rings. The number of nitrogens with zero attached hydrogens (tertiary/aromatic N) is 1. The van der Waals surface area contributed by atoms with Crippen LogP contribution in [0.5, 0.6) is 0 Å². The number of methoxy groups -OCH3 is 1. The van der Waals surface area contributed by atoms with Crippen molar-refractivity contribution in [3.63, 3.8) is 0 Å². The van der Waals surface area contributed by atoms with Gasteiger partial charge in [-0.1, -0.05) is 0 Å². The summed E-state index contributed by atoms with van der Waals surface area (Å²) in [5, 5.41) is 5.58. The smallest absolute Gasteiger partial charge is 0.315 e. The highest BCUT2D eigenvalue weighted by atomic mass is 16.5. The SMILES string of the molecule is COC1CN(C(C)=O)CC1NC(=O)NC(C)C. The topological polar surface area (TPSA) is 70.7 Å². The molecule has 0 bridgehead atoms. The Morgan fingerprint density at radius 1 is 1.35 bits per heavy atom. The van der Waals surface area contributed by atoms with Crippen LogP contribution in [0.4, 0.5) is 4.79 Å². The molecule has 0 aromatic heterocycles. The summed E-state index contributed by atoms with van der Waals surface area (Å²) in [5.41, 5.74) is 0. The maximum absolute atomic E-state index is 11.6. The Labute approximate surface area is 102 Å². The van der Waals surface area contributed by atoms with Gasteiger partial charge in [-0.25, -0.2) is 4.79 Å². The molecule has 2 N–H and O–H groups in total. The fourth-order valence-electron chi connectivity index (χ4n) is 1.88. The maximum atomic E-state index is 11.6. The minimum Gasteiger partial charge on any atom is -0.377 e. The van der Waals surface area contributed by atoms with Gasteiger partial charge in [0.05, 0.1) is 12.1 Å². The van der Waals surface area contributed by atoms with Crippen LogP contribution in [0.25, 0.3) is 0 Å². The molecule has 1 aliphatic heterocycles. The normalized spacial score (nSPS) is 23.9. The quantitative estimate of drug-likeness (QED) is 0.729. The van der Waals surface area contributed by atoms with Crippen molar-refractivity contribution < 1.29 is 14.3 Å². The van der Waals surface area contributed by atoms with E-state index in [0.29, 0.717) is 13.1 Å².